The van der Waals surface area contributed by atoms with Crippen molar-refractivity contribution in [1.29, 1.82) is 0 Å². The van der Waals surface area contributed by atoms with E-state index in [0.29, 0.717) is 11.3 Å². The minimum atomic E-state index is -0.0337. The van der Waals surface area contributed by atoms with E-state index in [0.717, 1.165) is 32.5 Å². The molecule has 0 bridgehead atoms. The molecule has 3 aromatic carbocycles. The molecule has 1 N–H and O–H groups in total. The van der Waals surface area contributed by atoms with Crippen LogP contribution in [0.15, 0.2) is 66.7 Å². The molecule has 4 heteroatoms. The second-order valence-corrected chi connectivity index (χ2v) is 8.85. The Labute approximate surface area is 191 Å². The van der Waals surface area contributed by atoms with Crippen LogP contribution in [0.4, 0.5) is 0 Å². The summed E-state index contributed by atoms with van der Waals surface area (Å²) < 4.78 is 5.24. The predicted octanol–water partition coefficient (Wildman–Crippen LogP) is 5.37. The van der Waals surface area contributed by atoms with Crippen LogP contribution in [0.1, 0.15) is 39.9 Å². The minimum absolute atomic E-state index is 0.0337. The molecule has 1 heterocycles. The predicted molar refractivity (Wildman–Crippen MR) is 130 cm³/mol. The molecular formula is C28H32N2O2. The molecule has 0 radical (unpaired) electrons. The first-order chi connectivity index (χ1) is 15.5. The van der Waals surface area contributed by atoms with Crippen LogP contribution in [0.5, 0.6) is 5.75 Å². The van der Waals surface area contributed by atoms with Crippen LogP contribution in [0.2, 0.25) is 0 Å². The largest absolute Gasteiger partial charge is 0.497 e. The van der Waals surface area contributed by atoms with Crippen LogP contribution in [0.25, 0.3) is 11.1 Å². The highest BCUT2D eigenvalue weighted by Gasteiger charge is 2.22. The second-order valence-electron chi connectivity index (χ2n) is 8.85. The van der Waals surface area contributed by atoms with Gasteiger partial charge in [-0.2, -0.15) is 0 Å². The van der Waals surface area contributed by atoms with E-state index >= 15 is 0 Å². The Morgan fingerprint density at radius 3 is 2.47 bits per heavy atom. The van der Waals surface area contributed by atoms with Crippen LogP contribution in [0, 0.1) is 13.8 Å². The highest BCUT2D eigenvalue weighted by molar-refractivity contribution is 5.94. The van der Waals surface area contributed by atoms with Gasteiger partial charge in [-0.1, -0.05) is 59.7 Å². The number of rotatable bonds is 6. The molecule has 1 atom stereocenters. The first kappa shape index (κ1) is 22.1. The van der Waals surface area contributed by atoms with Gasteiger partial charge in [-0.3, -0.25) is 9.69 Å². The smallest absolute Gasteiger partial charge is 0.251 e. The van der Waals surface area contributed by atoms with Crippen molar-refractivity contribution in [3.05, 3.63) is 89.0 Å². The average Bonchev–Trinajstić information content (AvgIpc) is 2.79. The standard InChI is InChI=1S/C28H32N2O2/c1-20-14-21(2)16-25(15-20)23-11-9-22(10-12-23)18-30-13-5-7-26(19-30)29-28(31)24-6-4-8-27(17-24)32-3/h4,6,8-12,14-17,26H,5,7,13,18-19H2,1-3H3,(H,29,31). The third kappa shape index (κ3) is 5.57. The number of amides is 1. The molecule has 166 valence electrons. The summed E-state index contributed by atoms with van der Waals surface area (Å²) in [6.07, 6.45) is 2.10. The normalized spacial score (nSPS) is 16.5. The van der Waals surface area contributed by atoms with Crippen molar-refractivity contribution >= 4 is 5.91 Å². The summed E-state index contributed by atoms with van der Waals surface area (Å²) in [6, 6.07) is 23.1. The van der Waals surface area contributed by atoms with E-state index in [1.165, 1.54) is 27.8 Å². The molecule has 1 aliphatic heterocycles. The van der Waals surface area contributed by atoms with Crippen molar-refractivity contribution in [3.8, 4) is 16.9 Å². The first-order valence-corrected chi connectivity index (χ1v) is 11.3. The summed E-state index contributed by atoms with van der Waals surface area (Å²) in [4.78, 5) is 15.1. The van der Waals surface area contributed by atoms with E-state index in [-0.39, 0.29) is 11.9 Å². The number of carbonyl (C=O) groups excluding carboxylic acids is 1. The maximum Gasteiger partial charge on any atom is 0.251 e. The quantitative estimate of drug-likeness (QED) is 0.574. The summed E-state index contributed by atoms with van der Waals surface area (Å²) in [6.45, 7) is 7.12. The summed E-state index contributed by atoms with van der Waals surface area (Å²) in [5.74, 6) is 0.667. The van der Waals surface area contributed by atoms with Gasteiger partial charge in [0.25, 0.3) is 5.91 Å². The summed E-state index contributed by atoms with van der Waals surface area (Å²) >= 11 is 0. The lowest BCUT2D eigenvalue weighted by Gasteiger charge is -2.33. The molecule has 1 amide bonds. The summed E-state index contributed by atoms with van der Waals surface area (Å²) in [5.41, 5.74) is 7.05. The Hall–Kier alpha value is -3.11. The third-order valence-corrected chi connectivity index (χ3v) is 6.09. The van der Waals surface area contributed by atoms with Crippen LogP contribution >= 0.6 is 0 Å². The molecular weight excluding hydrogens is 396 g/mol. The minimum Gasteiger partial charge on any atom is -0.497 e. The zero-order chi connectivity index (χ0) is 22.5. The maximum absolute atomic E-state index is 12.7. The summed E-state index contributed by atoms with van der Waals surface area (Å²) in [5, 5.41) is 3.21. The van der Waals surface area contributed by atoms with Crippen LogP contribution in [-0.2, 0) is 6.54 Å². The van der Waals surface area contributed by atoms with Gasteiger partial charge in [0, 0.05) is 24.7 Å². The van der Waals surface area contributed by atoms with E-state index in [1.54, 1.807) is 13.2 Å². The van der Waals surface area contributed by atoms with Crippen LogP contribution in [0.3, 0.4) is 0 Å². The molecule has 0 spiro atoms. The molecule has 1 aliphatic rings. The van der Waals surface area contributed by atoms with E-state index < -0.39 is 0 Å². The lowest BCUT2D eigenvalue weighted by molar-refractivity contribution is 0.0900. The highest BCUT2D eigenvalue weighted by Crippen LogP contribution is 2.23. The Morgan fingerprint density at radius 2 is 1.75 bits per heavy atom. The topological polar surface area (TPSA) is 41.6 Å². The molecule has 0 aliphatic carbocycles. The fourth-order valence-corrected chi connectivity index (χ4v) is 4.55. The molecule has 1 saturated heterocycles. The molecule has 0 saturated carbocycles. The number of aryl methyl sites for hydroxylation is 2. The Kier molecular flexibility index (Phi) is 6.91. The monoisotopic (exact) mass is 428 g/mol. The van der Waals surface area contributed by atoms with Crippen molar-refractivity contribution in [2.24, 2.45) is 0 Å². The number of carbonyl (C=O) groups is 1. The molecule has 4 rings (SSSR count). The Balaban J connectivity index is 1.36. The number of nitrogens with zero attached hydrogens (tertiary/aromatic N) is 1. The number of piperidine rings is 1. The van der Waals surface area contributed by atoms with E-state index in [1.807, 2.05) is 18.2 Å². The molecule has 3 aromatic rings. The van der Waals surface area contributed by atoms with Gasteiger partial charge in [0.1, 0.15) is 5.75 Å². The van der Waals surface area contributed by atoms with Crippen molar-refractivity contribution in [2.45, 2.75) is 39.3 Å². The number of methoxy groups -OCH3 is 1. The van der Waals surface area contributed by atoms with Crippen LogP contribution < -0.4 is 10.1 Å². The number of likely N-dealkylation sites (tertiary alicyclic amines) is 1. The van der Waals surface area contributed by atoms with Gasteiger partial charge in [0.05, 0.1) is 7.11 Å². The summed E-state index contributed by atoms with van der Waals surface area (Å²) in [7, 11) is 1.62. The number of nitrogens with one attached hydrogen (secondary N) is 1. The number of hydrogen-bond acceptors (Lipinski definition) is 3. The van der Waals surface area contributed by atoms with Crippen molar-refractivity contribution < 1.29 is 9.53 Å². The molecule has 32 heavy (non-hydrogen) atoms. The zero-order valence-electron chi connectivity index (χ0n) is 19.2. The van der Waals surface area contributed by atoms with Gasteiger partial charge in [-0.05, 0) is 68.1 Å². The van der Waals surface area contributed by atoms with E-state index in [4.69, 9.17) is 4.74 Å². The Morgan fingerprint density at radius 1 is 1.00 bits per heavy atom. The Bertz CT molecular complexity index is 1050. The van der Waals surface area contributed by atoms with Crippen molar-refractivity contribution in [2.75, 3.05) is 20.2 Å². The van der Waals surface area contributed by atoms with Crippen LogP contribution in [-0.4, -0.2) is 37.0 Å². The van der Waals surface area contributed by atoms with Gasteiger partial charge < -0.3 is 10.1 Å². The van der Waals surface area contributed by atoms with Crippen molar-refractivity contribution in [1.82, 2.24) is 10.2 Å². The number of ether oxygens (including phenoxy) is 1. The zero-order valence-corrected chi connectivity index (χ0v) is 19.2. The fourth-order valence-electron chi connectivity index (χ4n) is 4.55. The van der Waals surface area contributed by atoms with E-state index in [9.17, 15) is 4.79 Å². The molecule has 4 nitrogen and oxygen atoms in total. The van der Waals surface area contributed by atoms with Gasteiger partial charge in [-0.25, -0.2) is 0 Å². The maximum atomic E-state index is 12.7. The third-order valence-electron chi connectivity index (χ3n) is 6.09. The highest BCUT2D eigenvalue weighted by atomic mass is 16.5. The lowest BCUT2D eigenvalue weighted by atomic mass is 9.99. The van der Waals surface area contributed by atoms with Crippen molar-refractivity contribution in [3.63, 3.8) is 0 Å². The second kappa shape index (κ2) is 10.0. The molecule has 1 fully saturated rings. The van der Waals surface area contributed by atoms with Gasteiger partial charge >= 0.3 is 0 Å². The van der Waals surface area contributed by atoms with Gasteiger partial charge in [0.2, 0.25) is 0 Å². The van der Waals surface area contributed by atoms with Gasteiger partial charge in [-0.15, -0.1) is 0 Å². The van der Waals surface area contributed by atoms with Gasteiger partial charge in [0.15, 0.2) is 0 Å². The molecule has 1 unspecified atom stereocenters. The SMILES string of the molecule is COc1cccc(C(=O)NC2CCCN(Cc3ccc(-c4cc(C)cc(C)c4)cc3)C2)c1. The molecule has 0 aromatic heterocycles. The number of hydrogen-bond donors (Lipinski definition) is 1. The lowest BCUT2D eigenvalue weighted by Crippen LogP contribution is -2.47. The first-order valence-electron chi connectivity index (χ1n) is 11.3. The van der Waals surface area contributed by atoms with E-state index in [2.05, 4.69) is 66.5 Å². The number of benzene rings is 3. The fraction of sp³-hybridized carbons (Fsp3) is 0.321. The average molecular weight is 429 g/mol.